The topological polar surface area (TPSA) is 38.5 Å². The molecule has 0 radical (unpaired) electrons. The summed E-state index contributed by atoms with van der Waals surface area (Å²) in [6.07, 6.45) is 5.55. The van der Waals surface area contributed by atoms with Gasteiger partial charge in [-0.3, -0.25) is 4.90 Å². The highest BCUT2D eigenvalue weighted by atomic mass is 16.5. The molecule has 0 spiro atoms. The number of nitrogens with zero attached hydrogens (tertiary/aromatic N) is 1. The maximum absolute atomic E-state index is 6.61. The minimum Gasteiger partial charge on any atom is -0.375 e. The van der Waals surface area contributed by atoms with Gasteiger partial charge >= 0.3 is 0 Å². The second-order valence-electron chi connectivity index (χ2n) is 6.52. The van der Waals surface area contributed by atoms with E-state index < -0.39 is 0 Å². The van der Waals surface area contributed by atoms with Crippen LogP contribution in [0.15, 0.2) is 30.3 Å². The molecule has 0 amide bonds. The van der Waals surface area contributed by atoms with Gasteiger partial charge in [0.15, 0.2) is 0 Å². The van der Waals surface area contributed by atoms with Crippen LogP contribution in [0, 0.1) is 0 Å². The summed E-state index contributed by atoms with van der Waals surface area (Å²) in [6.45, 7) is 4.93. The fourth-order valence-electron chi connectivity index (χ4n) is 3.70. The van der Waals surface area contributed by atoms with Gasteiger partial charge in [0.25, 0.3) is 0 Å². The van der Waals surface area contributed by atoms with E-state index in [1.54, 1.807) is 0 Å². The van der Waals surface area contributed by atoms with E-state index in [2.05, 4.69) is 36.1 Å². The Morgan fingerprint density at radius 3 is 2.80 bits per heavy atom. The third-order valence-corrected chi connectivity index (χ3v) is 4.81. The maximum atomic E-state index is 6.61. The Balaban J connectivity index is 1.72. The van der Waals surface area contributed by atoms with Crippen LogP contribution in [0.4, 0.5) is 0 Å². The molecule has 20 heavy (non-hydrogen) atoms. The van der Waals surface area contributed by atoms with E-state index in [1.165, 1.54) is 31.2 Å². The van der Waals surface area contributed by atoms with E-state index in [1.807, 2.05) is 6.07 Å². The summed E-state index contributed by atoms with van der Waals surface area (Å²) in [5.41, 5.74) is 7.54. The lowest BCUT2D eigenvalue weighted by molar-refractivity contribution is -0.0930. The number of hydrogen-bond donors (Lipinski definition) is 1. The second kappa shape index (κ2) is 5.84. The number of nitrogens with two attached hydrogens (primary N) is 1. The Morgan fingerprint density at radius 1 is 1.25 bits per heavy atom. The molecule has 1 saturated carbocycles. The number of ether oxygens (including phenoxy) is 1. The Hall–Kier alpha value is -0.900. The maximum Gasteiger partial charge on any atom is 0.0730 e. The SMILES string of the molecule is CC(N)(CN1CCOC2CCCCC21)c1ccccc1. The second-order valence-corrected chi connectivity index (χ2v) is 6.52. The molecule has 110 valence electrons. The largest absolute Gasteiger partial charge is 0.375 e. The van der Waals surface area contributed by atoms with Gasteiger partial charge in [-0.25, -0.2) is 0 Å². The summed E-state index contributed by atoms with van der Waals surface area (Å²) in [6, 6.07) is 11.0. The highest BCUT2D eigenvalue weighted by Crippen LogP contribution is 2.30. The lowest BCUT2D eigenvalue weighted by atomic mass is 9.87. The van der Waals surface area contributed by atoms with Crippen molar-refractivity contribution in [1.82, 2.24) is 4.90 Å². The summed E-state index contributed by atoms with van der Waals surface area (Å²) in [5, 5.41) is 0. The molecule has 2 fully saturated rings. The molecule has 1 heterocycles. The molecule has 0 bridgehead atoms. The molecular weight excluding hydrogens is 248 g/mol. The normalized spacial score (nSPS) is 30.5. The predicted octanol–water partition coefficient (Wildman–Crippen LogP) is 2.50. The first-order chi connectivity index (χ1) is 9.67. The molecule has 0 aromatic heterocycles. The summed E-state index contributed by atoms with van der Waals surface area (Å²) >= 11 is 0. The molecule has 3 unspecified atom stereocenters. The van der Waals surface area contributed by atoms with Crippen molar-refractivity contribution in [3.63, 3.8) is 0 Å². The van der Waals surface area contributed by atoms with E-state index >= 15 is 0 Å². The zero-order valence-electron chi connectivity index (χ0n) is 12.4. The van der Waals surface area contributed by atoms with Gasteiger partial charge in [0.2, 0.25) is 0 Å². The Labute approximate surface area is 122 Å². The fraction of sp³-hybridized carbons (Fsp3) is 0.647. The summed E-state index contributed by atoms with van der Waals surface area (Å²) in [5.74, 6) is 0. The van der Waals surface area contributed by atoms with Crippen LogP contribution < -0.4 is 5.73 Å². The van der Waals surface area contributed by atoms with Gasteiger partial charge < -0.3 is 10.5 Å². The monoisotopic (exact) mass is 274 g/mol. The molecule has 1 aliphatic heterocycles. The number of fused-ring (bicyclic) bond motifs is 1. The van der Waals surface area contributed by atoms with Crippen LogP contribution in [0.25, 0.3) is 0 Å². The zero-order valence-corrected chi connectivity index (χ0v) is 12.4. The van der Waals surface area contributed by atoms with Crippen molar-refractivity contribution < 1.29 is 4.74 Å². The van der Waals surface area contributed by atoms with Crippen molar-refractivity contribution in [2.75, 3.05) is 19.7 Å². The van der Waals surface area contributed by atoms with Crippen molar-refractivity contribution in [3.8, 4) is 0 Å². The third-order valence-electron chi connectivity index (χ3n) is 4.81. The zero-order chi connectivity index (χ0) is 14.0. The van der Waals surface area contributed by atoms with Crippen LogP contribution in [0.5, 0.6) is 0 Å². The molecule has 1 saturated heterocycles. The van der Waals surface area contributed by atoms with Crippen LogP contribution in [0.1, 0.15) is 38.2 Å². The number of rotatable bonds is 3. The first-order valence-corrected chi connectivity index (χ1v) is 7.87. The lowest BCUT2D eigenvalue weighted by Crippen LogP contribution is -2.57. The minimum atomic E-state index is -0.291. The smallest absolute Gasteiger partial charge is 0.0730 e. The van der Waals surface area contributed by atoms with Crippen molar-refractivity contribution in [3.05, 3.63) is 35.9 Å². The molecule has 1 aromatic carbocycles. The molecule has 1 aliphatic carbocycles. The van der Waals surface area contributed by atoms with Gasteiger partial charge in [0, 0.05) is 19.1 Å². The standard InChI is InChI=1S/C17H26N2O/c1-17(18,14-7-3-2-4-8-14)13-19-11-12-20-16-10-6-5-9-15(16)19/h2-4,7-8,15-16H,5-6,9-13,18H2,1H3. The molecule has 1 aromatic rings. The van der Waals surface area contributed by atoms with Crippen LogP contribution in [-0.2, 0) is 10.3 Å². The van der Waals surface area contributed by atoms with Gasteiger partial charge in [-0.1, -0.05) is 43.2 Å². The molecule has 2 aliphatic rings. The van der Waals surface area contributed by atoms with Crippen LogP contribution >= 0.6 is 0 Å². The Bertz CT molecular complexity index is 430. The molecule has 3 atom stereocenters. The molecular formula is C17H26N2O. The van der Waals surface area contributed by atoms with Crippen LogP contribution in [0.2, 0.25) is 0 Å². The Morgan fingerprint density at radius 2 is 2.00 bits per heavy atom. The van der Waals surface area contributed by atoms with Crippen molar-refractivity contribution in [2.24, 2.45) is 5.73 Å². The molecule has 2 N–H and O–H groups in total. The fourth-order valence-corrected chi connectivity index (χ4v) is 3.70. The third kappa shape index (κ3) is 2.90. The quantitative estimate of drug-likeness (QED) is 0.920. The van der Waals surface area contributed by atoms with E-state index in [0.29, 0.717) is 12.1 Å². The first-order valence-electron chi connectivity index (χ1n) is 7.87. The van der Waals surface area contributed by atoms with Crippen LogP contribution in [-0.4, -0.2) is 36.7 Å². The van der Waals surface area contributed by atoms with Gasteiger partial charge in [-0.05, 0) is 25.3 Å². The van der Waals surface area contributed by atoms with Crippen molar-refractivity contribution in [2.45, 2.75) is 50.3 Å². The average Bonchev–Trinajstić information content (AvgIpc) is 2.48. The van der Waals surface area contributed by atoms with Gasteiger partial charge in [-0.2, -0.15) is 0 Å². The van der Waals surface area contributed by atoms with Crippen molar-refractivity contribution >= 4 is 0 Å². The van der Waals surface area contributed by atoms with Crippen LogP contribution in [0.3, 0.4) is 0 Å². The van der Waals surface area contributed by atoms with Gasteiger partial charge in [0.1, 0.15) is 0 Å². The molecule has 3 rings (SSSR count). The minimum absolute atomic E-state index is 0.291. The highest BCUT2D eigenvalue weighted by Gasteiger charge is 2.37. The average molecular weight is 274 g/mol. The molecule has 3 nitrogen and oxygen atoms in total. The van der Waals surface area contributed by atoms with E-state index in [-0.39, 0.29) is 5.54 Å². The van der Waals surface area contributed by atoms with E-state index in [4.69, 9.17) is 10.5 Å². The van der Waals surface area contributed by atoms with Gasteiger partial charge in [0.05, 0.1) is 18.2 Å². The summed E-state index contributed by atoms with van der Waals surface area (Å²) < 4.78 is 5.95. The molecule has 3 heteroatoms. The first kappa shape index (κ1) is 14.1. The Kier molecular flexibility index (Phi) is 4.11. The predicted molar refractivity (Wildman–Crippen MR) is 81.6 cm³/mol. The lowest BCUT2D eigenvalue weighted by Gasteiger charge is -2.46. The summed E-state index contributed by atoms with van der Waals surface area (Å²) in [7, 11) is 0. The van der Waals surface area contributed by atoms with Gasteiger partial charge in [-0.15, -0.1) is 0 Å². The van der Waals surface area contributed by atoms with E-state index in [9.17, 15) is 0 Å². The number of benzene rings is 1. The number of hydrogen-bond acceptors (Lipinski definition) is 3. The number of morpholine rings is 1. The highest BCUT2D eigenvalue weighted by molar-refractivity contribution is 5.23. The van der Waals surface area contributed by atoms with Crippen molar-refractivity contribution in [1.29, 1.82) is 0 Å². The van der Waals surface area contributed by atoms with E-state index in [0.717, 1.165) is 19.7 Å². The summed E-state index contributed by atoms with van der Waals surface area (Å²) in [4.78, 5) is 2.57.